The van der Waals surface area contributed by atoms with Crippen molar-refractivity contribution in [2.45, 2.75) is 13.5 Å². The molecular weight excluding hydrogens is 250 g/mol. The molecule has 0 aliphatic rings. The number of nitrogen functional groups attached to an aromatic ring is 1. The molecule has 5 heteroatoms. The van der Waals surface area contributed by atoms with Crippen LogP contribution in [0.25, 0.3) is 10.9 Å². The number of anilines is 2. The third kappa shape index (κ3) is 2.38. The van der Waals surface area contributed by atoms with Crippen molar-refractivity contribution in [1.82, 2.24) is 15.0 Å². The van der Waals surface area contributed by atoms with E-state index in [-0.39, 0.29) is 0 Å². The maximum atomic E-state index is 6.01. The van der Waals surface area contributed by atoms with Gasteiger partial charge in [-0.25, -0.2) is 0 Å². The molecule has 3 N–H and O–H groups in total. The van der Waals surface area contributed by atoms with Gasteiger partial charge in [0.05, 0.1) is 47.2 Å². The Morgan fingerprint density at radius 2 is 1.90 bits per heavy atom. The fourth-order valence-electron chi connectivity index (χ4n) is 2.04. The van der Waals surface area contributed by atoms with Crippen LogP contribution < -0.4 is 11.1 Å². The monoisotopic (exact) mass is 265 g/mol. The van der Waals surface area contributed by atoms with Crippen LogP contribution in [-0.2, 0) is 6.54 Å². The summed E-state index contributed by atoms with van der Waals surface area (Å²) in [6.07, 6.45) is 5.19. The van der Waals surface area contributed by atoms with Gasteiger partial charge in [0.1, 0.15) is 0 Å². The molecule has 0 spiro atoms. The molecule has 0 bridgehead atoms. The molecule has 1 aromatic carbocycles. The summed E-state index contributed by atoms with van der Waals surface area (Å²) in [6, 6.07) is 7.90. The van der Waals surface area contributed by atoms with E-state index in [0.717, 1.165) is 28.0 Å². The van der Waals surface area contributed by atoms with Crippen molar-refractivity contribution >= 4 is 22.3 Å². The Bertz CT molecular complexity index is 737. The highest BCUT2D eigenvalue weighted by Crippen LogP contribution is 2.27. The van der Waals surface area contributed by atoms with Gasteiger partial charge in [0.15, 0.2) is 0 Å². The van der Waals surface area contributed by atoms with Crippen molar-refractivity contribution in [3.05, 3.63) is 54.2 Å². The highest BCUT2D eigenvalue weighted by molar-refractivity contribution is 5.96. The van der Waals surface area contributed by atoms with Crippen molar-refractivity contribution in [3.8, 4) is 0 Å². The fraction of sp³-hybridized carbons (Fsp3) is 0.133. The number of benzene rings is 1. The van der Waals surface area contributed by atoms with E-state index in [4.69, 9.17) is 5.73 Å². The second kappa shape index (κ2) is 5.13. The standard InChI is InChI=1S/C15H15N5/c1-10-6-18-11(7-17-10)8-20-15-12-4-2-3-5-14(12)19-9-13(15)16/h2-7,9H,8,16H2,1H3,(H,19,20). The topological polar surface area (TPSA) is 76.7 Å². The predicted octanol–water partition coefficient (Wildman–Crippen LogP) is 2.53. The van der Waals surface area contributed by atoms with E-state index >= 15 is 0 Å². The SMILES string of the molecule is Cc1cnc(CNc2c(N)cnc3ccccc23)cn1. The normalized spacial score (nSPS) is 10.7. The Hall–Kier alpha value is -2.69. The summed E-state index contributed by atoms with van der Waals surface area (Å²) in [6.45, 7) is 2.49. The molecule has 2 aromatic heterocycles. The van der Waals surface area contributed by atoms with E-state index in [1.165, 1.54) is 0 Å². The minimum atomic E-state index is 0.575. The van der Waals surface area contributed by atoms with E-state index in [1.807, 2.05) is 31.2 Å². The highest BCUT2D eigenvalue weighted by Gasteiger charge is 2.06. The Balaban J connectivity index is 1.90. The van der Waals surface area contributed by atoms with Gasteiger partial charge in [-0.15, -0.1) is 0 Å². The summed E-state index contributed by atoms with van der Waals surface area (Å²) >= 11 is 0. The molecule has 0 fully saturated rings. The smallest absolute Gasteiger partial charge is 0.0777 e. The average molecular weight is 265 g/mol. The zero-order chi connectivity index (χ0) is 13.9. The lowest BCUT2D eigenvalue weighted by atomic mass is 10.1. The van der Waals surface area contributed by atoms with Crippen LogP contribution in [0.1, 0.15) is 11.4 Å². The quantitative estimate of drug-likeness (QED) is 0.761. The number of hydrogen-bond acceptors (Lipinski definition) is 5. The molecule has 100 valence electrons. The van der Waals surface area contributed by atoms with Gasteiger partial charge in [-0.2, -0.15) is 0 Å². The molecule has 20 heavy (non-hydrogen) atoms. The second-order valence-electron chi connectivity index (χ2n) is 4.61. The van der Waals surface area contributed by atoms with Gasteiger partial charge in [-0.05, 0) is 13.0 Å². The summed E-state index contributed by atoms with van der Waals surface area (Å²) < 4.78 is 0. The molecule has 0 saturated carbocycles. The van der Waals surface area contributed by atoms with Crippen LogP contribution in [0.15, 0.2) is 42.9 Å². The molecule has 0 atom stereocenters. The van der Waals surface area contributed by atoms with Gasteiger partial charge in [-0.3, -0.25) is 15.0 Å². The summed E-state index contributed by atoms with van der Waals surface area (Å²) in [5.74, 6) is 0. The third-order valence-electron chi connectivity index (χ3n) is 3.09. The molecule has 3 aromatic rings. The predicted molar refractivity (Wildman–Crippen MR) is 80.3 cm³/mol. The van der Waals surface area contributed by atoms with Crippen molar-refractivity contribution < 1.29 is 0 Å². The lowest BCUT2D eigenvalue weighted by Crippen LogP contribution is -2.06. The van der Waals surface area contributed by atoms with Gasteiger partial charge < -0.3 is 11.1 Å². The van der Waals surface area contributed by atoms with E-state index in [9.17, 15) is 0 Å². The van der Waals surface area contributed by atoms with E-state index < -0.39 is 0 Å². The number of aromatic nitrogens is 3. The minimum Gasteiger partial charge on any atom is -0.396 e. The van der Waals surface area contributed by atoms with Gasteiger partial charge in [0.2, 0.25) is 0 Å². The van der Waals surface area contributed by atoms with Crippen LogP contribution in [0.5, 0.6) is 0 Å². The molecule has 0 aliphatic carbocycles. The number of pyridine rings is 1. The first-order chi connectivity index (χ1) is 9.74. The Morgan fingerprint density at radius 1 is 1.05 bits per heavy atom. The molecule has 0 radical (unpaired) electrons. The van der Waals surface area contributed by atoms with Crippen LogP contribution >= 0.6 is 0 Å². The lowest BCUT2D eigenvalue weighted by molar-refractivity contribution is 0.986. The van der Waals surface area contributed by atoms with Crippen molar-refractivity contribution in [2.75, 3.05) is 11.1 Å². The van der Waals surface area contributed by atoms with Gasteiger partial charge in [0.25, 0.3) is 0 Å². The summed E-state index contributed by atoms with van der Waals surface area (Å²) in [4.78, 5) is 12.9. The number of rotatable bonds is 3. The van der Waals surface area contributed by atoms with Crippen LogP contribution in [0.4, 0.5) is 11.4 Å². The number of hydrogen-bond donors (Lipinski definition) is 2. The number of para-hydroxylation sites is 1. The van der Waals surface area contributed by atoms with Crippen molar-refractivity contribution in [3.63, 3.8) is 0 Å². The Morgan fingerprint density at radius 3 is 2.70 bits per heavy atom. The number of nitrogens with zero attached hydrogens (tertiary/aromatic N) is 3. The first-order valence-electron chi connectivity index (χ1n) is 6.38. The molecule has 2 heterocycles. The number of aryl methyl sites for hydroxylation is 1. The Labute approximate surface area is 116 Å². The van der Waals surface area contributed by atoms with E-state index in [0.29, 0.717) is 12.2 Å². The van der Waals surface area contributed by atoms with Gasteiger partial charge in [-0.1, -0.05) is 18.2 Å². The van der Waals surface area contributed by atoms with Crippen LogP contribution in [0.3, 0.4) is 0 Å². The largest absolute Gasteiger partial charge is 0.396 e. The van der Waals surface area contributed by atoms with Crippen LogP contribution in [-0.4, -0.2) is 15.0 Å². The summed E-state index contributed by atoms with van der Waals surface area (Å²) in [5, 5.41) is 4.33. The number of nitrogens with one attached hydrogen (secondary N) is 1. The minimum absolute atomic E-state index is 0.575. The van der Waals surface area contributed by atoms with Gasteiger partial charge >= 0.3 is 0 Å². The third-order valence-corrected chi connectivity index (χ3v) is 3.09. The zero-order valence-electron chi connectivity index (χ0n) is 11.2. The maximum Gasteiger partial charge on any atom is 0.0777 e. The van der Waals surface area contributed by atoms with E-state index in [1.54, 1.807) is 18.6 Å². The summed E-state index contributed by atoms with van der Waals surface area (Å²) in [5.41, 5.74) is 10.2. The molecule has 5 nitrogen and oxygen atoms in total. The first-order valence-corrected chi connectivity index (χ1v) is 6.38. The lowest BCUT2D eigenvalue weighted by Gasteiger charge is -2.11. The molecule has 0 unspecified atom stereocenters. The number of nitrogens with two attached hydrogens (primary N) is 1. The van der Waals surface area contributed by atoms with E-state index in [2.05, 4.69) is 20.3 Å². The molecular formula is C15H15N5. The molecule has 3 rings (SSSR count). The second-order valence-corrected chi connectivity index (χ2v) is 4.61. The Kier molecular flexibility index (Phi) is 3.16. The summed E-state index contributed by atoms with van der Waals surface area (Å²) in [7, 11) is 0. The van der Waals surface area contributed by atoms with Crippen LogP contribution in [0.2, 0.25) is 0 Å². The fourth-order valence-corrected chi connectivity index (χ4v) is 2.04. The molecule has 0 amide bonds. The van der Waals surface area contributed by atoms with Crippen LogP contribution in [0, 0.1) is 6.92 Å². The molecule has 0 saturated heterocycles. The highest BCUT2D eigenvalue weighted by atomic mass is 14.9. The zero-order valence-corrected chi connectivity index (χ0v) is 11.2. The maximum absolute atomic E-state index is 6.01. The first kappa shape index (κ1) is 12.3. The van der Waals surface area contributed by atoms with Crippen molar-refractivity contribution in [1.29, 1.82) is 0 Å². The number of fused-ring (bicyclic) bond motifs is 1. The van der Waals surface area contributed by atoms with Gasteiger partial charge in [0, 0.05) is 11.6 Å². The molecule has 0 aliphatic heterocycles. The average Bonchev–Trinajstić information content (AvgIpc) is 2.48. The van der Waals surface area contributed by atoms with Crippen molar-refractivity contribution in [2.24, 2.45) is 0 Å².